The van der Waals surface area contributed by atoms with E-state index in [1.165, 1.54) is 35.5 Å². The predicted octanol–water partition coefficient (Wildman–Crippen LogP) is 2.72. The fourth-order valence-electron chi connectivity index (χ4n) is 4.66. The van der Waals surface area contributed by atoms with Crippen LogP contribution in [0, 0.1) is 0 Å². The number of nitrogens with one attached hydrogen (secondary N) is 1. The van der Waals surface area contributed by atoms with Gasteiger partial charge in [-0.15, -0.1) is 23.1 Å². The van der Waals surface area contributed by atoms with Gasteiger partial charge in [0.15, 0.2) is 0 Å². The van der Waals surface area contributed by atoms with Crippen molar-refractivity contribution in [1.29, 1.82) is 0 Å². The smallest absolute Gasteiger partial charge is 0.327 e. The molecule has 3 aliphatic rings. The number of carbonyl (C=O) groups excluding carboxylic acids is 2. The molecule has 1 saturated carbocycles. The van der Waals surface area contributed by atoms with E-state index in [4.69, 9.17) is 5.73 Å². The molecule has 10 heteroatoms. The van der Waals surface area contributed by atoms with Crippen LogP contribution in [0.5, 0.6) is 0 Å². The number of amides is 2. The fourth-order valence-corrected chi connectivity index (χ4v) is 7.42. The molecule has 2 aliphatic heterocycles. The molecule has 1 aliphatic carbocycles. The lowest BCUT2D eigenvalue weighted by Crippen LogP contribution is -2.77. The van der Waals surface area contributed by atoms with Gasteiger partial charge in [0.05, 0.1) is 0 Å². The number of nitrogens with zero attached hydrogens (tertiary/aromatic N) is 1. The molecule has 1 aromatic rings. The molecule has 164 valence electrons. The van der Waals surface area contributed by atoms with Gasteiger partial charge in [0.25, 0.3) is 11.7 Å². The zero-order chi connectivity index (χ0) is 21.8. The van der Waals surface area contributed by atoms with Crippen molar-refractivity contribution < 1.29 is 23.9 Å². The van der Waals surface area contributed by atoms with E-state index < -0.39 is 45.8 Å². The predicted molar refractivity (Wildman–Crippen MR) is 113 cm³/mol. The van der Waals surface area contributed by atoms with Crippen LogP contribution in [0.4, 0.5) is 4.39 Å². The molecule has 4 N–H and O–H groups in total. The van der Waals surface area contributed by atoms with E-state index in [9.17, 15) is 19.5 Å². The van der Waals surface area contributed by atoms with Crippen LogP contribution >= 0.6 is 23.1 Å². The number of carboxylic acid groups (broad SMARTS) is 1. The van der Waals surface area contributed by atoms with E-state index >= 15 is 4.39 Å². The molecule has 0 spiro atoms. The van der Waals surface area contributed by atoms with E-state index in [-0.39, 0.29) is 0 Å². The molecule has 0 radical (unpaired) electrons. The van der Waals surface area contributed by atoms with Crippen molar-refractivity contribution in [1.82, 2.24) is 10.2 Å². The monoisotopic (exact) mass is 455 g/mol. The molecular formula is C20H26FN3O4S2. The van der Waals surface area contributed by atoms with Gasteiger partial charge in [-0.1, -0.05) is 19.3 Å². The lowest BCUT2D eigenvalue weighted by atomic mass is 9.88. The number of alkyl halides is 1. The summed E-state index contributed by atoms with van der Waals surface area (Å²) in [6.45, 7) is 3.29. The van der Waals surface area contributed by atoms with Crippen molar-refractivity contribution in [3.63, 3.8) is 0 Å². The zero-order valence-electron chi connectivity index (χ0n) is 16.9. The normalized spacial score (nSPS) is 31.7. The van der Waals surface area contributed by atoms with Gasteiger partial charge in [-0.2, -0.15) is 0 Å². The van der Waals surface area contributed by atoms with Gasteiger partial charge in [-0.3, -0.25) is 9.59 Å². The number of thioether (sulfide) groups is 1. The zero-order valence-corrected chi connectivity index (χ0v) is 18.5. The molecule has 3 heterocycles. The van der Waals surface area contributed by atoms with Gasteiger partial charge in [-0.25, -0.2) is 9.18 Å². The number of aliphatic carboxylic acids is 1. The Labute approximate surface area is 182 Å². The fraction of sp³-hybridized carbons (Fsp3) is 0.650. The number of carbonyl (C=O) groups is 3. The lowest BCUT2D eigenvalue weighted by molar-refractivity contribution is -0.182. The summed E-state index contributed by atoms with van der Waals surface area (Å²) < 4.78 is 14.6. The molecule has 0 aromatic carbocycles. The third kappa shape index (κ3) is 3.33. The number of nitrogens with two attached hydrogens (primary N) is 1. The second kappa shape index (κ2) is 7.49. The Morgan fingerprint density at radius 3 is 2.60 bits per heavy atom. The lowest BCUT2D eigenvalue weighted by Gasteiger charge is -2.47. The molecule has 2 saturated heterocycles. The maximum atomic E-state index is 15.5. The molecule has 7 nitrogen and oxygen atoms in total. The molecule has 3 fully saturated rings. The Bertz CT molecular complexity index is 885. The van der Waals surface area contributed by atoms with Crippen LogP contribution in [0.3, 0.4) is 0 Å². The Morgan fingerprint density at radius 2 is 1.97 bits per heavy atom. The average Bonchev–Trinajstić information content (AvgIpc) is 3.29. The van der Waals surface area contributed by atoms with Crippen molar-refractivity contribution in [3.8, 4) is 0 Å². The highest BCUT2D eigenvalue weighted by molar-refractivity contribution is 8.01. The summed E-state index contributed by atoms with van der Waals surface area (Å²) in [4.78, 5) is 39.6. The first-order valence-electron chi connectivity index (χ1n) is 10.2. The number of carboxylic acids is 1. The Balaban J connectivity index is 1.46. The van der Waals surface area contributed by atoms with E-state index in [2.05, 4.69) is 5.32 Å². The minimum atomic E-state index is -2.65. The summed E-state index contributed by atoms with van der Waals surface area (Å²) in [6, 6.07) is 1.55. The maximum Gasteiger partial charge on any atom is 0.327 e. The van der Waals surface area contributed by atoms with Crippen LogP contribution in [0.1, 0.15) is 67.7 Å². The second-order valence-electron chi connectivity index (χ2n) is 8.78. The third-order valence-electron chi connectivity index (χ3n) is 6.27. The van der Waals surface area contributed by atoms with Crippen LogP contribution in [-0.4, -0.2) is 49.7 Å². The molecule has 1 aromatic heterocycles. The summed E-state index contributed by atoms with van der Waals surface area (Å²) >= 11 is 2.50. The summed E-state index contributed by atoms with van der Waals surface area (Å²) in [5.41, 5.74) is 6.08. The number of halogens is 1. The Kier molecular flexibility index (Phi) is 5.39. The number of fused-ring (bicyclic) bond motifs is 1. The highest BCUT2D eigenvalue weighted by Crippen LogP contribution is 2.55. The van der Waals surface area contributed by atoms with Gasteiger partial charge in [0, 0.05) is 14.5 Å². The van der Waals surface area contributed by atoms with Crippen LogP contribution in [0.2, 0.25) is 0 Å². The number of hydrogen-bond donors (Lipinski definition) is 3. The van der Waals surface area contributed by atoms with Crippen LogP contribution in [0.25, 0.3) is 0 Å². The first-order chi connectivity index (χ1) is 14.1. The number of hydrogen-bond acceptors (Lipinski definition) is 6. The first-order valence-corrected chi connectivity index (χ1v) is 11.9. The minimum absolute atomic E-state index is 0.479. The highest BCUT2D eigenvalue weighted by atomic mass is 32.2. The van der Waals surface area contributed by atoms with Gasteiger partial charge in [-0.05, 0) is 44.7 Å². The van der Waals surface area contributed by atoms with Crippen molar-refractivity contribution in [2.45, 2.75) is 79.9 Å². The standard InChI is InChI=1S/C20H26FN3O4S2/c1-19(2)14(16(26)27)24-17(28)20(21,18(24)30-19)23-15(25)13(22)12-9-8-11(29-12)10-6-4-3-5-7-10/h8-10,13-14,18H,3-7,22H2,1-2H3,(H,23,25)(H,26,27)/t13?,14-,18+,20?/m0/s1. The molecule has 4 atom stereocenters. The number of thiophene rings is 1. The Hall–Kier alpha value is -1.65. The number of rotatable bonds is 5. The van der Waals surface area contributed by atoms with Gasteiger partial charge in [0.2, 0.25) is 5.91 Å². The van der Waals surface area contributed by atoms with Crippen LogP contribution in [-0.2, 0) is 14.4 Å². The van der Waals surface area contributed by atoms with Gasteiger partial charge >= 0.3 is 5.97 Å². The van der Waals surface area contributed by atoms with Crippen molar-refractivity contribution in [3.05, 3.63) is 21.9 Å². The maximum absolute atomic E-state index is 15.5. The van der Waals surface area contributed by atoms with E-state index in [0.717, 1.165) is 29.5 Å². The van der Waals surface area contributed by atoms with Crippen molar-refractivity contribution in [2.75, 3.05) is 0 Å². The van der Waals surface area contributed by atoms with Gasteiger partial charge < -0.3 is 21.1 Å². The van der Waals surface area contributed by atoms with E-state index in [1.807, 2.05) is 6.07 Å². The molecule has 2 unspecified atom stereocenters. The first kappa shape index (κ1) is 21.6. The van der Waals surface area contributed by atoms with Crippen LogP contribution in [0.15, 0.2) is 12.1 Å². The molecule has 2 amide bonds. The largest absolute Gasteiger partial charge is 0.480 e. The molecular weight excluding hydrogens is 429 g/mol. The minimum Gasteiger partial charge on any atom is -0.480 e. The van der Waals surface area contributed by atoms with Crippen molar-refractivity contribution >= 4 is 40.9 Å². The number of β-lactam (4-membered cyclic amide) rings is 1. The summed E-state index contributed by atoms with van der Waals surface area (Å²) in [6.07, 6.45) is 5.89. The summed E-state index contributed by atoms with van der Waals surface area (Å²) in [5.74, 6) is -5.17. The third-order valence-corrected chi connectivity index (χ3v) is 9.21. The summed E-state index contributed by atoms with van der Waals surface area (Å²) in [7, 11) is 0. The Morgan fingerprint density at radius 1 is 1.30 bits per heavy atom. The molecule has 4 rings (SSSR count). The van der Waals surface area contributed by atoms with E-state index in [1.54, 1.807) is 19.9 Å². The summed E-state index contributed by atoms with van der Waals surface area (Å²) in [5, 5.41) is 10.5. The van der Waals surface area contributed by atoms with Crippen molar-refractivity contribution in [2.24, 2.45) is 5.73 Å². The topological polar surface area (TPSA) is 113 Å². The van der Waals surface area contributed by atoms with Gasteiger partial charge in [0.1, 0.15) is 17.5 Å². The highest BCUT2D eigenvalue weighted by Gasteiger charge is 2.73. The molecule has 30 heavy (non-hydrogen) atoms. The average molecular weight is 456 g/mol. The quantitative estimate of drug-likeness (QED) is 0.465. The SMILES string of the molecule is CC1(C)S[C@H]2N(C(=O)C2(F)NC(=O)C(N)c2ccc(C3CCCCC3)s2)[C@H]1C(=O)O. The molecule has 0 bridgehead atoms. The second-order valence-corrected chi connectivity index (χ2v) is 11.7. The van der Waals surface area contributed by atoms with E-state index in [0.29, 0.717) is 10.8 Å². The van der Waals surface area contributed by atoms with Crippen LogP contribution < -0.4 is 11.1 Å².